The highest BCUT2D eigenvalue weighted by Crippen LogP contribution is 2.19. The maximum atomic E-state index is 12.1. The molecule has 1 heterocycles. The molecule has 0 spiro atoms. The molecule has 0 aromatic heterocycles. The fraction of sp³-hybridized carbons (Fsp3) is 0.500. The Morgan fingerprint density at radius 2 is 2.33 bits per heavy atom. The number of aryl methyl sites for hydroxylation is 1. The van der Waals surface area contributed by atoms with E-state index in [0.29, 0.717) is 6.42 Å². The van der Waals surface area contributed by atoms with Crippen LogP contribution in [0.25, 0.3) is 0 Å². The van der Waals surface area contributed by atoms with Gasteiger partial charge in [0.15, 0.2) is 5.78 Å². The molecule has 0 bridgehead atoms. The van der Waals surface area contributed by atoms with Crippen LogP contribution >= 0.6 is 11.8 Å². The summed E-state index contributed by atoms with van der Waals surface area (Å²) >= 11 is 1.94. The molecular formula is C14H19NO2S. The summed E-state index contributed by atoms with van der Waals surface area (Å²) in [5, 5.41) is 0. The topological polar surface area (TPSA) is 29.5 Å². The van der Waals surface area contributed by atoms with Crippen molar-refractivity contribution in [1.82, 2.24) is 4.90 Å². The van der Waals surface area contributed by atoms with E-state index in [0.717, 1.165) is 35.8 Å². The van der Waals surface area contributed by atoms with Gasteiger partial charge in [0.2, 0.25) is 0 Å². The molecular weight excluding hydrogens is 246 g/mol. The lowest BCUT2D eigenvalue weighted by atomic mass is 10.0. The zero-order chi connectivity index (χ0) is 13.0. The van der Waals surface area contributed by atoms with Crippen molar-refractivity contribution in [3.8, 4) is 5.75 Å². The number of Topliss-reactive ketones (excluding diaryl/α,β-unsaturated/α-hetero) is 1. The van der Waals surface area contributed by atoms with Crippen LogP contribution in [-0.2, 0) is 0 Å². The van der Waals surface area contributed by atoms with Crippen LogP contribution in [0.5, 0.6) is 5.75 Å². The van der Waals surface area contributed by atoms with Crippen molar-refractivity contribution in [3.63, 3.8) is 0 Å². The Hall–Kier alpha value is -1.00. The molecule has 1 aliphatic heterocycles. The third-order valence-corrected chi connectivity index (χ3v) is 4.23. The Balaban J connectivity index is 1.95. The zero-order valence-corrected chi connectivity index (χ0v) is 11.8. The number of ether oxygens (including phenoxy) is 1. The van der Waals surface area contributed by atoms with Crippen molar-refractivity contribution in [2.45, 2.75) is 13.3 Å². The molecule has 98 valence electrons. The van der Waals surface area contributed by atoms with Gasteiger partial charge in [0.1, 0.15) is 5.75 Å². The first kappa shape index (κ1) is 13.4. The molecule has 0 N–H and O–H groups in total. The normalized spacial score (nSPS) is 15.9. The molecule has 3 nitrogen and oxygen atoms in total. The summed E-state index contributed by atoms with van der Waals surface area (Å²) in [4.78, 5) is 14.5. The van der Waals surface area contributed by atoms with Gasteiger partial charge in [-0.05, 0) is 30.7 Å². The fourth-order valence-electron chi connectivity index (χ4n) is 2.10. The molecule has 0 amide bonds. The second kappa shape index (κ2) is 6.25. The van der Waals surface area contributed by atoms with Crippen LogP contribution in [-0.4, -0.2) is 42.5 Å². The van der Waals surface area contributed by atoms with Gasteiger partial charge in [-0.1, -0.05) is 0 Å². The molecule has 4 heteroatoms. The van der Waals surface area contributed by atoms with E-state index in [2.05, 4.69) is 4.90 Å². The highest BCUT2D eigenvalue weighted by molar-refractivity contribution is 7.99. The van der Waals surface area contributed by atoms with Crippen LogP contribution in [0.1, 0.15) is 22.3 Å². The summed E-state index contributed by atoms with van der Waals surface area (Å²) in [6.07, 6.45) is 0.605. The molecule has 1 aliphatic rings. The Morgan fingerprint density at radius 3 is 2.94 bits per heavy atom. The number of hydrogen-bond donors (Lipinski definition) is 0. The number of hydrogen-bond acceptors (Lipinski definition) is 4. The van der Waals surface area contributed by atoms with E-state index >= 15 is 0 Å². The minimum atomic E-state index is 0.229. The van der Waals surface area contributed by atoms with Gasteiger partial charge in [-0.2, -0.15) is 0 Å². The molecule has 18 heavy (non-hydrogen) atoms. The molecule has 0 unspecified atom stereocenters. The molecule has 0 saturated carbocycles. The monoisotopic (exact) mass is 265 g/mol. The second-order valence-corrected chi connectivity index (χ2v) is 5.58. The number of carbonyl (C=O) groups is 1. The maximum Gasteiger partial charge on any atom is 0.164 e. The smallest absolute Gasteiger partial charge is 0.164 e. The number of nitrogens with zero attached hydrogens (tertiary/aromatic N) is 1. The molecule has 1 fully saturated rings. The van der Waals surface area contributed by atoms with E-state index in [1.54, 1.807) is 7.11 Å². The SMILES string of the molecule is COc1ccc(C(=O)CCN2CCSC2)c(C)c1. The predicted octanol–water partition coefficient (Wildman–Crippen LogP) is 2.58. The van der Waals surface area contributed by atoms with Gasteiger partial charge in [-0.25, -0.2) is 0 Å². The molecule has 0 radical (unpaired) electrons. The Bertz CT molecular complexity index is 428. The Kier molecular flexibility index (Phi) is 4.66. The van der Waals surface area contributed by atoms with E-state index in [1.807, 2.05) is 36.9 Å². The minimum Gasteiger partial charge on any atom is -0.497 e. The lowest BCUT2D eigenvalue weighted by Gasteiger charge is -2.13. The van der Waals surface area contributed by atoms with Crippen LogP contribution in [0, 0.1) is 6.92 Å². The third-order valence-electron chi connectivity index (χ3n) is 3.21. The van der Waals surface area contributed by atoms with Crippen LogP contribution in [0.4, 0.5) is 0 Å². The predicted molar refractivity (Wildman–Crippen MR) is 75.6 cm³/mol. The van der Waals surface area contributed by atoms with Crippen molar-refractivity contribution in [3.05, 3.63) is 29.3 Å². The first-order valence-corrected chi connectivity index (χ1v) is 7.34. The average molecular weight is 265 g/mol. The largest absolute Gasteiger partial charge is 0.497 e. The zero-order valence-electron chi connectivity index (χ0n) is 10.9. The Labute approximate surface area is 113 Å². The van der Waals surface area contributed by atoms with E-state index in [-0.39, 0.29) is 5.78 Å². The number of methoxy groups -OCH3 is 1. The summed E-state index contributed by atoms with van der Waals surface area (Å²) in [5.74, 6) is 3.29. The van der Waals surface area contributed by atoms with Crippen molar-refractivity contribution < 1.29 is 9.53 Å². The summed E-state index contributed by atoms with van der Waals surface area (Å²) in [6, 6.07) is 5.64. The van der Waals surface area contributed by atoms with Gasteiger partial charge >= 0.3 is 0 Å². The molecule has 1 saturated heterocycles. The quantitative estimate of drug-likeness (QED) is 0.765. The van der Waals surface area contributed by atoms with E-state index < -0.39 is 0 Å². The first-order chi connectivity index (χ1) is 8.70. The molecule has 1 aromatic carbocycles. The molecule has 1 aromatic rings. The third kappa shape index (κ3) is 3.27. The summed E-state index contributed by atoms with van der Waals surface area (Å²) in [6.45, 7) is 3.94. The fourth-order valence-corrected chi connectivity index (χ4v) is 3.13. The van der Waals surface area contributed by atoms with Crippen LogP contribution in [0.2, 0.25) is 0 Å². The number of thioether (sulfide) groups is 1. The van der Waals surface area contributed by atoms with Crippen molar-refractivity contribution in [2.24, 2.45) is 0 Å². The van der Waals surface area contributed by atoms with Crippen LogP contribution < -0.4 is 4.74 Å². The van der Waals surface area contributed by atoms with Crippen molar-refractivity contribution in [2.75, 3.05) is 31.8 Å². The van der Waals surface area contributed by atoms with Crippen LogP contribution in [0.3, 0.4) is 0 Å². The lowest BCUT2D eigenvalue weighted by molar-refractivity contribution is 0.0969. The number of ketones is 1. The van der Waals surface area contributed by atoms with Crippen molar-refractivity contribution in [1.29, 1.82) is 0 Å². The van der Waals surface area contributed by atoms with E-state index in [1.165, 1.54) is 5.75 Å². The van der Waals surface area contributed by atoms with Crippen molar-refractivity contribution >= 4 is 17.5 Å². The summed E-state index contributed by atoms with van der Waals surface area (Å²) in [7, 11) is 1.64. The van der Waals surface area contributed by atoms with Gasteiger partial charge in [0.05, 0.1) is 7.11 Å². The van der Waals surface area contributed by atoms with Crippen LogP contribution in [0.15, 0.2) is 18.2 Å². The van der Waals surface area contributed by atoms with E-state index in [9.17, 15) is 4.79 Å². The highest BCUT2D eigenvalue weighted by atomic mass is 32.2. The second-order valence-electron chi connectivity index (χ2n) is 4.51. The average Bonchev–Trinajstić information content (AvgIpc) is 2.88. The lowest BCUT2D eigenvalue weighted by Crippen LogP contribution is -2.23. The molecule has 0 atom stereocenters. The Morgan fingerprint density at radius 1 is 1.50 bits per heavy atom. The number of carbonyl (C=O) groups excluding carboxylic acids is 1. The molecule has 2 rings (SSSR count). The molecule has 0 aliphatic carbocycles. The van der Waals surface area contributed by atoms with Gasteiger partial charge in [-0.3, -0.25) is 9.69 Å². The highest BCUT2D eigenvalue weighted by Gasteiger charge is 2.15. The van der Waals surface area contributed by atoms with Gasteiger partial charge in [0, 0.05) is 36.7 Å². The van der Waals surface area contributed by atoms with Gasteiger partial charge in [-0.15, -0.1) is 11.8 Å². The summed E-state index contributed by atoms with van der Waals surface area (Å²) < 4.78 is 5.15. The minimum absolute atomic E-state index is 0.229. The first-order valence-electron chi connectivity index (χ1n) is 6.18. The van der Waals surface area contributed by atoms with E-state index in [4.69, 9.17) is 4.74 Å². The van der Waals surface area contributed by atoms with Gasteiger partial charge < -0.3 is 4.74 Å². The number of rotatable bonds is 5. The van der Waals surface area contributed by atoms with Gasteiger partial charge in [0.25, 0.3) is 0 Å². The number of benzene rings is 1. The standard InChI is InChI=1S/C14H19NO2S/c1-11-9-12(17-2)3-4-13(11)14(16)5-6-15-7-8-18-10-15/h3-4,9H,5-8,10H2,1-2H3. The maximum absolute atomic E-state index is 12.1. The summed E-state index contributed by atoms with van der Waals surface area (Å²) in [5.41, 5.74) is 1.82.